The van der Waals surface area contributed by atoms with Gasteiger partial charge in [0.15, 0.2) is 0 Å². The molecule has 20 heavy (non-hydrogen) atoms. The zero-order valence-corrected chi connectivity index (χ0v) is 13.1. The van der Waals surface area contributed by atoms with E-state index in [0.29, 0.717) is 10.6 Å². The minimum Gasteiger partial charge on any atom is -0.267 e. The van der Waals surface area contributed by atoms with Gasteiger partial charge in [0.05, 0.1) is 5.71 Å². The van der Waals surface area contributed by atoms with Crippen molar-refractivity contribution in [3.05, 3.63) is 69.2 Å². The number of carbonyl (C=O) groups excluding carboxylic acids is 1. The summed E-state index contributed by atoms with van der Waals surface area (Å²) in [5, 5.41) is 4.61. The van der Waals surface area contributed by atoms with Gasteiger partial charge in [-0.25, -0.2) is 5.43 Å². The highest BCUT2D eigenvalue weighted by Gasteiger charge is 2.05. The van der Waals surface area contributed by atoms with Crippen LogP contribution in [0.4, 0.5) is 0 Å². The third kappa shape index (κ3) is 3.92. The van der Waals surface area contributed by atoms with Gasteiger partial charge in [0, 0.05) is 15.1 Å². The molecule has 1 N–H and O–H groups in total. The SMILES string of the molecule is CC(=NNC(=O)c1cccc(Cl)c1)c1cccc(Br)c1. The van der Waals surface area contributed by atoms with Crippen LogP contribution in [0, 0.1) is 0 Å². The smallest absolute Gasteiger partial charge is 0.267 e. The fraction of sp³-hybridized carbons (Fsp3) is 0.0667. The molecule has 0 saturated carbocycles. The van der Waals surface area contributed by atoms with Crippen LogP contribution in [0.1, 0.15) is 22.8 Å². The topological polar surface area (TPSA) is 41.5 Å². The third-order valence-corrected chi connectivity index (χ3v) is 3.38. The van der Waals surface area contributed by atoms with Crippen LogP contribution in [0.15, 0.2) is 58.1 Å². The van der Waals surface area contributed by atoms with Gasteiger partial charge in [0.2, 0.25) is 0 Å². The number of nitrogens with zero attached hydrogens (tertiary/aromatic N) is 1. The van der Waals surface area contributed by atoms with E-state index in [4.69, 9.17) is 11.6 Å². The maximum atomic E-state index is 11.9. The van der Waals surface area contributed by atoms with E-state index in [2.05, 4.69) is 26.5 Å². The molecular formula is C15H12BrClN2O. The molecule has 0 heterocycles. The summed E-state index contributed by atoms with van der Waals surface area (Å²) in [4.78, 5) is 11.9. The van der Waals surface area contributed by atoms with Crippen molar-refractivity contribution in [2.24, 2.45) is 5.10 Å². The first kappa shape index (κ1) is 14.8. The average molecular weight is 352 g/mol. The lowest BCUT2D eigenvalue weighted by molar-refractivity contribution is 0.0955. The summed E-state index contributed by atoms with van der Waals surface area (Å²) in [6.07, 6.45) is 0. The number of hydrazone groups is 1. The minimum absolute atomic E-state index is 0.290. The van der Waals surface area contributed by atoms with Crippen molar-refractivity contribution in [1.82, 2.24) is 5.43 Å². The van der Waals surface area contributed by atoms with E-state index in [1.165, 1.54) is 0 Å². The van der Waals surface area contributed by atoms with E-state index in [1.807, 2.05) is 31.2 Å². The second kappa shape index (κ2) is 6.68. The lowest BCUT2D eigenvalue weighted by Gasteiger charge is -2.04. The Kier molecular flexibility index (Phi) is 4.93. The van der Waals surface area contributed by atoms with Crippen LogP contribution < -0.4 is 5.43 Å². The van der Waals surface area contributed by atoms with Crippen LogP contribution in [0.5, 0.6) is 0 Å². The zero-order chi connectivity index (χ0) is 14.5. The van der Waals surface area contributed by atoms with Gasteiger partial charge < -0.3 is 0 Å². The van der Waals surface area contributed by atoms with Crippen LogP contribution in [-0.2, 0) is 0 Å². The highest BCUT2D eigenvalue weighted by Crippen LogP contribution is 2.13. The molecular weight excluding hydrogens is 340 g/mol. The van der Waals surface area contributed by atoms with E-state index >= 15 is 0 Å². The van der Waals surface area contributed by atoms with Crippen molar-refractivity contribution in [3.63, 3.8) is 0 Å². The van der Waals surface area contributed by atoms with E-state index in [1.54, 1.807) is 24.3 Å². The molecule has 0 bridgehead atoms. The van der Waals surface area contributed by atoms with Gasteiger partial charge in [-0.1, -0.05) is 45.7 Å². The van der Waals surface area contributed by atoms with Gasteiger partial charge in [0.25, 0.3) is 5.91 Å². The van der Waals surface area contributed by atoms with Gasteiger partial charge >= 0.3 is 0 Å². The van der Waals surface area contributed by atoms with Crippen molar-refractivity contribution >= 4 is 39.1 Å². The van der Waals surface area contributed by atoms with Gasteiger partial charge in [-0.2, -0.15) is 5.10 Å². The van der Waals surface area contributed by atoms with Crippen molar-refractivity contribution in [2.75, 3.05) is 0 Å². The van der Waals surface area contributed by atoms with Crippen LogP contribution in [-0.4, -0.2) is 11.6 Å². The monoisotopic (exact) mass is 350 g/mol. The van der Waals surface area contributed by atoms with Crippen molar-refractivity contribution < 1.29 is 4.79 Å². The molecule has 0 saturated heterocycles. The Labute approximate surface area is 130 Å². The maximum Gasteiger partial charge on any atom is 0.271 e. The molecule has 2 aromatic carbocycles. The fourth-order valence-electron chi connectivity index (χ4n) is 1.61. The molecule has 2 aromatic rings. The number of halogens is 2. The summed E-state index contributed by atoms with van der Waals surface area (Å²) < 4.78 is 0.964. The predicted octanol–water partition coefficient (Wildman–Crippen LogP) is 4.26. The molecule has 0 aliphatic carbocycles. The molecule has 0 unspecified atom stereocenters. The van der Waals surface area contributed by atoms with Crippen molar-refractivity contribution in [1.29, 1.82) is 0 Å². The Balaban J connectivity index is 2.11. The lowest BCUT2D eigenvalue weighted by Crippen LogP contribution is -2.19. The summed E-state index contributed by atoms with van der Waals surface area (Å²) >= 11 is 9.24. The molecule has 0 aliphatic rings. The second-order valence-corrected chi connectivity index (χ2v) is 5.51. The van der Waals surface area contributed by atoms with E-state index < -0.39 is 0 Å². The van der Waals surface area contributed by atoms with Crippen molar-refractivity contribution in [2.45, 2.75) is 6.92 Å². The number of rotatable bonds is 3. The first-order valence-corrected chi connectivity index (χ1v) is 7.09. The zero-order valence-electron chi connectivity index (χ0n) is 10.7. The second-order valence-electron chi connectivity index (χ2n) is 4.16. The molecule has 102 valence electrons. The highest BCUT2D eigenvalue weighted by atomic mass is 79.9. The van der Waals surface area contributed by atoms with Crippen LogP contribution in [0.25, 0.3) is 0 Å². The number of hydrogen-bond donors (Lipinski definition) is 1. The highest BCUT2D eigenvalue weighted by molar-refractivity contribution is 9.10. The van der Waals surface area contributed by atoms with E-state index in [9.17, 15) is 4.79 Å². The standard InChI is InChI=1S/C15H12BrClN2O/c1-10(11-4-2-6-13(16)8-11)18-19-15(20)12-5-3-7-14(17)9-12/h2-9H,1H3,(H,19,20). The van der Waals surface area contributed by atoms with E-state index in [0.717, 1.165) is 15.7 Å². The first-order valence-electron chi connectivity index (χ1n) is 5.92. The summed E-state index contributed by atoms with van der Waals surface area (Å²) in [6, 6.07) is 14.4. The normalized spacial score (nSPS) is 11.2. The number of carbonyl (C=O) groups is 1. The van der Waals surface area contributed by atoms with Crippen LogP contribution >= 0.6 is 27.5 Å². The van der Waals surface area contributed by atoms with Gasteiger partial charge in [-0.3, -0.25) is 4.79 Å². The largest absolute Gasteiger partial charge is 0.271 e. The Hall–Kier alpha value is -1.65. The molecule has 0 fully saturated rings. The Morgan fingerprint density at radius 1 is 1.15 bits per heavy atom. The van der Waals surface area contributed by atoms with Crippen LogP contribution in [0.3, 0.4) is 0 Å². The lowest BCUT2D eigenvalue weighted by atomic mass is 10.1. The number of nitrogens with one attached hydrogen (secondary N) is 1. The quantitative estimate of drug-likeness (QED) is 0.651. The first-order chi connectivity index (χ1) is 9.56. The van der Waals surface area contributed by atoms with Gasteiger partial charge in [-0.05, 0) is 42.8 Å². The molecule has 3 nitrogen and oxygen atoms in total. The molecule has 2 rings (SSSR count). The number of benzene rings is 2. The molecule has 0 atom stereocenters. The van der Waals surface area contributed by atoms with Gasteiger partial charge in [0.1, 0.15) is 0 Å². The number of hydrogen-bond acceptors (Lipinski definition) is 2. The molecule has 0 radical (unpaired) electrons. The third-order valence-electron chi connectivity index (χ3n) is 2.65. The predicted molar refractivity (Wildman–Crippen MR) is 85.3 cm³/mol. The molecule has 5 heteroatoms. The summed E-state index contributed by atoms with van der Waals surface area (Å²) in [7, 11) is 0. The summed E-state index contributed by atoms with van der Waals surface area (Å²) in [6.45, 7) is 1.83. The van der Waals surface area contributed by atoms with E-state index in [-0.39, 0.29) is 5.91 Å². The summed E-state index contributed by atoms with van der Waals surface area (Å²) in [5.41, 5.74) is 4.65. The molecule has 0 aliphatic heterocycles. The van der Waals surface area contributed by atoms with Crippen molar-refractivity contribution in [3.8, 4) is 0 Å². The maximum absolute atomic E-state index is 11.9. The molecule has 0 spiro atoms. The molecule has 1 amide bonds. The van der Waals surface area contributed by atoms with Gasteiger partial charge in [-0.15, -0.1) is 0 Å². The minimum atomic E-state index is -0.290. The van der Waals surface area contributed by atoms with Crippen LogP contribution in [0.2, 0.25) is 5.02 Å². The molecule has 0 aromatic heterocycles. The Morgan fingerprint density at radius 2 is 1.85 bits per heavy atom. The summed E-state index contributed by atoms with van der Waals surface area (Å²) in [5.74, 6) is -0.290. The fourth-order valence-corrected chi connectivity index (χ4v) is 2.20. The average Bonchev–Trinajstić information content (AvgIpc) is 2.44. The Bertz CT molecular complexity index is 670. The Morgan fingerprint density at radius 3 is 2.55 bits per heavy atom. The number of amides is 1.